The molecule has 27 heavy (non-hydrogen) atoms. The fraction of sp³-hybridized carbons (Fsp3) is 0.286. The van der Waals surface area contributed by atoms with Crippen LogP contribution < -0.4 is 5.32 Å². The van der Waals surface area contributed by atoms with Gasteiger partial charge in [0, 0.05) is 29.4 Å². The summed E-state index contributed by atoms with van der Waals surface area (Å²) >= 11 is 0. The number of sulfone groups is 1. The molecule has 0 aliphatic carbocycles. The molecule has 140 valence electrons. The summed E-state index contributed by atoms with van der Waals surface area (Å²) in [5, 5.41) is 8.28. The van der Waals surface area contributed by atoms with Crippen molar-refractivity contribution in [3.63, 3.8) is 0 Å². The van der Waals surface area contributed by atoms with Crippen LogP contribution in [-0.4, -0.2) is 35.2 Å². The summed E-state index contributed by atoms with van der Waals surface area (Å²) < 4.78 is 25.6. The van der Waals surface area contributed by atoms with Crippen LogP contribution in [0.1, 0.15) is 18.9 Å². The minimum atomic E-state index is -2.94. The van der Waals surface area contributed by atoms with Gasteiger partial charge in [-0.1, -0.05) is 48.5 Å². The predicted molar refractivity (Wildman–Crippen MR) is 108 cm³/mol. The van der Waals surface area contributed by atoms with Crippen LogP contribution in [-0.2, 0) is 16.4 Å². The molecule has 1 saturated heterocycles. The molecule has 0 radical (unpaired) electrons. The Kier molecular flexibility index (Phi) is 4.61. The normalized spacial score (nSPS) is 21.4. The Morgan fingerprint density at radius 1 is 1.07 bits per heavy atom. The van der Waals surface area contributed by atoms with E-state index in [1.54, 1.807) is 0 Å². The molecule has 3 aromatic rings. The molecule has 0 spiro atoms. The zero-order chi connectivity index (χ0) is 18.9. The summed E-state index contributed by atoms with van der Waals surface area (Å²) in [6.45, 7) is 2.56. The largest absolute Gasteiger partial charge is 0.306 e. The van der Waals surface area contributed by atoms with Crippen molar-refractivity contribution in [2.24, 2.45) is 0 Å². The lowest BCUT2D eigenvalue weighted by Crippen LogP contribution is -2.42. The smallest absolute Gasteiger partial charge is 0.152 e. The molecular formula is C21H23N3O2S. The first-order valence-corrected chi connectivity index (χ1v) is 10.9. The molecule has 1 aliphatic rings. The van der Waals surface area contributed by atoms with Gasteiger partial charge >= 0.3 is 0 Å². The van der Waals surface area contributed by atoms with Crippen LogP contribution in [0.2, 0.25) is 0 Å². The van der Waals surface area contributed by atoms with E-state index in [1.165, 1.54) is 0 Å². The number of aromatic nitrogens is 2. The molecule has 1 N–H and O–H groups in total. The van der Waals surface area contributed by atoms with Gasteiger partial charge in [0.05, 0.1) is 22.9 Å². The molecule has 1 atom stereocenters. The maximum absolute atomic E-state index is 11.9. The third-order valence-electron chi connectivity index (χ3n) is 5.07. The summed E-state index contributed by atoms with van der Waals surface area (Å²) in [7, 11) is -2.94. The monoisotopic (exact) mass is 381 g/mol. The van der Waals surface area contributed by atoms with Crippen LogP contribution in [0, 0.1) is 0 Å². The standard InChI is InChI=1S/C21H23N3O2S/c1-21(12-13-27(25,26)16-21)22-14-18-15-24(19-10-6-3-7-11-19)23-20(18)17-8-4-2-5-9-17/h2-11,15,22H,12-14,16H2,1H3. The van der Waals surface area contributed by atoms with Gasteiger partial charge < -0.3 is 5.32 Å². The van der Waals surface area contributed by atoms with Gasteiger partial charge in [-0.15, -0.1) is 0 Å². The van der Waals surface area contributed by atoms with Crippen LogP contribution in [0.25, 0.3) is 16.9 Å². The SMILES string of the molecule is CC1(NCc2cn(-c3ccccc3)nc2-c2ccccc2)CCS(=O)(=O)C1. The molecule has 2 heterocycles. The quantitative estimate of drug-likeness (QED) is 0.737. The molecule has 1 fully saturated rings. The van der Waals surface area contributed by atoms with Gasteiger partial charge in [-0.25, -0.2) is 13.1 Å². The summed E-state index contributed by atoms with van der Waals surface area (Å²) in [5.74, 6) is 0.443. The summed E-state index contributed by atoms with van der Waals surface area (Å²) in [6, 6.07) is 20.1. The average molecular weight is 382 g/mol. The number of hydrogen-bond donors (Lipinski definition) is 1. The lowest BCUT2D eigenvalue weighted by Gasteiger charge is -2.23. The zero-order valence-electron chi connectivity index (χ0n) is 15.3. The highest BCUT2D eigenvalue weighted by Crippen LogP contribution is 2.27. The Morgan fingerprint density at radius 3 is 2.37 bits per heavy atom. The van der Waals surface area contributed by atoms with Crippen molar-refractivity contribution in [3.8, 4) is 16.9 Å². The second-order valence-corrected chi connectivity index (χ2v) is 9.59. The van der Waals surface area contributed by atoms with Crippen LogP contribution >= 0.6 is 0 Å². The van der Waals surface area contributed by atoms with Crippen LogP contribution in [0.3, 0.4) is 0 Å². The molecule has 0 bridgehead atoms. The molecule has 5 nitrogen and oxygen atoms in total. The fourth-order valence-corrected chi connectivity index (χ4v) is 5.67. The Balaban J connectivity index is 1.65. The first kappa shape index (κ1) is 17.9. The molecule has 1 aromatic heterocycles. The highest BCUT2D eigenvalue weighted by atomic mass is 32.2. The van der Waals surface area contributed by atoms with Gasteiger partial charge in [0.25, 0.3) is 0 Å². The maximum atomic E-state index is 11.9. The second-order valence-electron chi connectivity index (χ2n) is 7.41. The van der Waals surface area contributed by atoms with E-state index in [1.807, 2.05) is 78.5 Å². The maximum Gasteiger partial charge on any atom is 0.152 e. The van der Waals surface area contributed by atoms with Gasteiger partial charge in [-0.3, -0.25) is 0 Å². The average Bonchev–Trinajstić information content (AvgIpc) is 3.22. The van der Waals surface area contributed by atoms with E-state index >= 15 is 0 Å². The van der Waals surface area contributed by atoms with Crippen molar-refractivity contribution in [1.82, 2.24) is 15.1 Å². The molecular weight excluding hydrogens is 358 g/mol. The Morgan fingerprint density at radius 2 is 1.74 bits per heavy atom. The third kappa shape index (κ3) is 3.96. The summed E-state index contributed by atoms with van der Waals surface area (Å²) in [4.78, 5) is 0. The van der Waals surface area contributed by atoms with Crippen LogP contribution in [0.4, 0.5) is 0 Å². The molecule has 0 amide bonds. The van der Waals surface area contributed by atoms with E-state index < -0.39 is 9.84 Å². The van der Waals surface area contributed by atoms with E-state index in [9.17, 15) is 8.42 Å². The van der Waals surface area contributed by atoms with Crippen molar-refractivity contribution in [1.29, 1.82) is 0 Å². The molecule has 0 saturated carbocycles. The van der Waals surface area contributed by atoms with Crippen molar-refractivity contribution in [2.45, 2.75) is 25.4 Å². The van der Waals surface area contributed by atoms with E-state index in [0.717, 1.165) is 22.5 Å². The Hall–Kier alpha value is -2.44. The lowest BCUT2D eigenvalue weighted by atomic mass is 10.0. The van der Waals surface area contributed by atoms with Crippen molar-refractivity contribution in [2.75, 3.05) is 11.5 Å². The van der Waals surface area contributed by atoms with E-state index in [-0.39, 0.29) is 17.0 Å². The first-order chi connectivity index (χ1) is 12.9. The van der Waals surface area contributed by atoms with Gasteiger partial charge in [0.2, 0.25) is 0 Å². The lowest BCUT2D eigenvalue weighted by molar-refractivity contribution is 0.396. The van der Waals surface area contributed by atoms with Gasteiger partial charge in [-0.2, -0.15) is 5.10 Å². The number of para-hydroxylation sites is 1. The summed E-state index contributed by atoms with van der Waals surface area (Å²) in [6.07, 6.45) is 2.67. The Labute approximate surface area is 160 Å². The minimum absolute atomic E-state index is 0.188. The molecule has 6 heteroatoms. The Bertz CT molecular complexity index is 1030. The number of nitrogens with zero attached hydrogens (tertiary/aromatic N) is 2. The van der Waals surface area contributed by atoms with Crippen molar-refractivity contribution < 1.29 is 8.42 Å². The van der Waals surface area contributed by atoms with E-state index in [4.69, 9.17) is 5.10 Å². The molecule has 4 rings (SSSR count). The third-order valence-corrected chi connectivity index (χ3v) is 6.97. The van der Waals surface area contributed by atoms with E-state index in [2.05, 4.69) is 5.32 Å². The zero-order valence-corrected chi connectivity index (χ0v) is 16.1. The number of benzene rings is 2. The highest BCUT2D eigenvalue weighted by molar-refractivity contribution is 7.91. The second kappa shape index (κ2) is 6.94. The number of rotatable bonds is 5. The van der Waals surface area contributed by atoms with Crippen molar-refractivity contribution in [3.05, 3.63) is 72.4 Å². The van der Waals surface area contributed by atoms with Crippen LogP contribution in [0.15, 0.2) is 66.9 Å². The van der Waals surface area contributed by atoms with E-state index in [0.29, 0.717) is 13.0 Å². The van der Waals surface area contributed by atoms with Gasteiger partial charge in [-0.05, 0) is 25.5 Å². The number of nitrogens with one attached hydrogen (secondary N) is 1. The fourth-order valence-electron chi connectivity index (χ4n) is 3.55. The topological polar surface area (TPSA) is 64.0 Å². The van der Waals surface area contributed by atoms with Crippen molar-refractivity contribution >= 4 is 9.84 Å². The molecule has 2 aromatic carbocycles. The minimum Gasteiger partial charge on any atom is -0.306 e. The predicted octanol–water partition coefficient (Wildman–Crippen LogP) is 3.21. The first-order valence-electron chi connectivity index (χ1n) is 9.09. The van der Waals surface area contributed by atoms with Gasteiger partial charge in [0.15, 0.2) is 9.84 Å². The molecule has 1 aliphatic heterocycles. The number of hydrogen-bond acceptors (Lipinski definition) is 4. The van der Waals surface area contributed by atoms with Gasteiger partial charge in [0.1, 0.15) is 0 Å². The highest BCUT2D eigenvalue weighted by Gasteiger charge is 2.38. The van der Waals surface area contributed by atoms with Crippen LogP contribution in [0.5, 0.6) is 0 Å². The molecule has 1 unspecified atom stereocenters. The summed E-state index contributed by atoms with van der Waals surface area (Å²) in [5.41, 5.74) is 3.62.